The molecule has 30 heavy (non-hydrogen) atoms. The first-order chi connectivity index (χ1) is 14.5. The fourth-order valence-corrected chi connectivity index (χ4v) is 2.98. The van der Waals surface area contributed by atoms with Crippen molar-refractivity contribution in [1.82, 2.24) is 10.2 Å². The molecule has 7 heteroatoms. The Balaban J connectivity index is 2.43. The predicted octanol–water partition coefficient (Wildman–Crippen LogP) is 3.28. The average Bonchev–Trinajstić information content (AvgIpc) is 2.73. The van der Waals surface area contributed by atoms with Crippen molar-refractivity contribution in [3.63, 3.8) is 0 Å². The number of anilines is 1. The zero-order chi connectivity index (χ0) is 22.2. The lowest BCUT2D eigenvalue weighted by Crippen LogP contribution is -2.43. The van der Waals surface area contributed by atoms with Gasteiger partial charge in [-0.25, -0.2) is 0 Å². The van der Waals surface area contributed by atoms with Gasteiger partial charge in [0.25, 0.3) is 0 Å². The largest absolute Gasteiger partial charge is 0.385 e. The first kappa shape index (κ1) is 25.6. The maximum Gasteiger partial charge on any atom is 0.243 e. The van der Waals surface area contributed by atoms with Crippen LogP contribution in [-0.2, 0) is 19.1 Å². The molecule has 2 N–H and O–H groups in total. The Labute approximate surface area is 180 Å². The average molecular weight is 420 g/mol. The molecule has 168 valence electrons. The standard InChI is InChI=1S/C23H37N3O4/c1-4-5-6-7-8-10-23(29)26(15-9-16-30-3)18-22(28)24-17-21(27)25-20-13-11-19(2)12-14-20/h11-14H,4-10,15-18H2,1-3H3,(H,24,28)(H,25,27). The summed E-state index contributed by atoms with van der Waals surface area (Å²) < 4.78 is 5.05. The first-order valence-corrected chi connectivity index (χ1v) is 10.9. The van der Waals surface area contributed by atoms with E-state index in [2.05, 4.69) is 17.6 Å². The minimum Gasteiger partial charge on any atom is -0.385 e. The zero-order valence-corrected chi connectivity index (χ0v) is 18.7. The molecule has 1 aromatic carbocycles. The molecule has 0 bridgehead atoms. The molecule has 0 aliphatic carbocycles. The molecule has 7 nitrogen and oxygen atoms in total. The van der Waals surface area contributed by atoms with Gasteiger partial charge in [-0.15, -0.1) is 0 Å². The third kappa shape index (κ3) is 11.6. The molecule has 1 rings (SSSR count). The number of nitrogens with one attached hydrogen (secondary N) is 2. The highest BCUT2D eigenvalue weighted by Gasteiger charge is 2.17. The van der Waals surface area contributed by atoms with Gasteiger partial charge in [-0.3, -0.25) is 14.4 Å². The monoisotopic (exact) mass is 419 g/mol. The van der Waals surface area contributed by atoms with E-state index in [1.165, 1.54) is 6.42 Å². The number of hydrogen-bond donors (Lipinski definition) is 2. The van der Waals surface area contributed by atoms with Crippen LogP contribution in [0.2, 0.25) is 0 Å². The number of aryl methyl sites for hydroxylation is 1. The summed E-state index contributed by atoms with van der Waals surface area (Å²) in [5.74, 6) is -0.673. The Hall–Kier alpha value is -2.41. The van der Waals surface area contributed by atoms with Gasteiger partial charge in [-0.1, -0.05) is 50.3 Å². The number of carbonyl (C=O) groups excluding carboxylic acids is 3. The van der Waals surface area contributed by atoms with E-state index in [1.807, 2.05) is 31.2 Å². The van der Waals surface area contributed by atoms with Crippen LogP contribution in [0.25, 0.3) is 0 Å². The van der Waals surface area contributed by atoms with Crippen LogP contribution < -0.4 is 10.6 Å². The number of unbranched alkanes of at least 4 members (excludes halogenated alkanes) is 4. The molecule has 0 radical (unpaired) electrons. The van der Waals surface area contributed by atoms with E-state index >= 15 is 0 Å². The summed E-state index contributed by atoms with van der Waals surface area (Å²) >= 11 is 0. The number of amides is 3. The Morgan fingerprint density at radius 2 is 1.67 bits per heavy atom. The Bertz CT molecular complexity index is 646. The maximum absolute atomic E-state index is 12.5. The van der Waals surface area contributed by atoms with Crippen molar-refractivity contribution in [2.24, 2.45) is 0 Å². The summed E-state index contributed by atoms with van der Waals surface area (Å²) in [4.78, 5) is 38.4. The highest BCUT2D eigenvalue weighted by atomic mass is 16.5. The van der Waals surface area contributed by atoms with E-state index in [1.54, 1.807) is 12.0 Å². The molecule has 0 aliphatic heterocycles. The van der Waals surface area contributed by atoms with Crippen molar-refractivity contribution in [2.75, 3.05) is 38.7 Å². The van der Waals surface area contributed by atoms with Gasteiger partial charge in [0.1, 0.15) is 0 Å². The van der Waals surface area contributed by atoms with Crippen LogP contribution in [0.1, 0.15) is 57.4 Å². The Morgan fingerprint density at radius 1 is 0.967 bits per heavy atom. The van der Waals surface area contributed by atoms with Crippen LogP contribution in [0.3, 0.4) is 0 Å². The molecule has 0 aliphatic rings. The number of methoxy groups -OCH3 is 1. The Kier molecular flexibility index (Phi) is 13.2. The molecule has 0 saturated heterocycles. The molecule has 0 heterocycles. The zero-order valence-electron chi connectivity index (χ0n) is 18.7. The second-order valence-corrected chi connectivity index (χ2v) is 7.52. The van der Waals surface area contributed by atoms with E-state index in [0.29, 0.717) is 31.7 Å². The first-order valence-electron chi connectivity index (χ1n) is 10.9. The summed E-state index contributed by atoms with van der Waals surface area (Å²) in [6, 6.07) is 7.43. The van der Waals surface area contributed by atoms with Crippen LogP contribution in [0.15, 0.2) is 24.3 Å². The molecule has 0 spiro atoms. The number of benzene rings is 1. The fourth-order valence-electron chi connectivity index (χ4n) is 2.98. The van der Waals surface area contributed by atoms with Crippen molar-refractivity contribution in [1.29, 1.82) is 0 Å². The third-order valence-corrected chi connectivity index (χ3v) is 4.74. The number of rotatable bonds is 15. The molecule has 0 fully saturated rings. The number of carbonyl (C=O) groups is 3. The lowest BCUT2D eigenvalue weighted by atomic mass is 10.1. The van der Waals surface area contributed by atoms with Gasteiger partial charge in [0, 0.05) is 32.4 Å². The summed E-state index contributed by atoms with van der Waals surface area (Å²) in [5, 5.41) is 5.33. The lowest BCUT2D eigenvalue weighted by Gasteiger charge is -2.22. The third-order valence-electron chi connectivity index (χ3n) is 4.74. The molecule has 0 saturated carbocycles. The van der Waals surface area contributed by atoms with Crippen LogP contribution in [0, 0.1) is 6.92 Å². The summed E-state index contributed by atoms with van der Waals surface area (Å²) in [6.45, 7) is 4.93. The van der Waals surface area contributed by atoms with Gasteiger partial charge in [-0.05, 0) is 31.9 Å². The van der Waals surface area contributed by atoms with Gasteiger partial charge in [0.05, 0.1) is 13.1 Å². The summed E-state index contributed by atoms with van der Waals surface area (Å²) in [5.41, 5.74) is 1.78. The van der Waals surface area contributed by atoms with Crippen LogP contribution >= 0.6 is 0 Å². The van der Waals surface area contributed by atoms with E-state index in [0.717, 1.165) is 31.2 Å². The normalized spacial score (nSPS) is 10.5. The molecule has 3 amide bonds. The lowest BCUT2D eigenvalue weighted by molar-refractivity contribution is -0.136. The van der Waals surface area contributed by atoms with Gasteiger partial charge in [-0.2, -0.15) is 0 Å². The smallest absolute Gasteiger partial charge is 0.243 e. The molecule has 0 atom stereocenters. The van der Waals surface area contributed by atoms with E-state index in [-0.39, 0.29) is 30.8 Å². The van der Waals surface area contributed by atoms with Gasteiger partial charge < -0.3 is 20.3 Å². The van der Waals surface area contributed by atoms with E-state index in [4.69, 9.17) is 4.74 Å². The summed E-state index contributed by atoms with van der Waals surface area (Å²) in [7, 11) is 1.61. The van der Waals surface area contributed by atoms with Gasteiger partial charge in [0.15, 0.2) is 0 Å². The van der Waals surface area contributed by atoms with Crippen molar-refractivity contribution >= 4 is 23.4 Å². The topological polar surface area (TPSA) is 87.7 Å². The second kappa shape index (κ2) is 15.4. The van der Waals surface area contributed by atoms with E-state index < -0.39 is 0 Å². The molecule has 0 aromatic heterocycles. The SMILES string of the molecule is CCCCCCCC(=O)N(CCCOC)CC(=O)NCC(=O)Nc1ccc(C)cc1. The molecule has 0 unspecified atom stereocenters. The number of ether oxygens (including phenoxy) is 1. The predicted molar refractivity (Wildman–Crippen MR) is 119 cm³/mol. The van der Waals surface area contributed by atoms with Crippen molar-refractivity contribution < 1.29 is 19.1 Å². The highest BCUT2D eigenvalue weighted by molar-refractivity contribution is 5.95. The molecule has 1 aromatic rings. The Morgan fingerprint density at radius 3 is 2.33 bits per heavy atom. The van der Waals surface area contributed by atoms with Crippen LogP contribution in [0.4, 0.5) is 5.69 Å². The van der Waals surface area contributed by atoms with Gasteiger partial charge >= 0.3 is 0 Å². The number of nitrogens with zero attached hydrogens (tertiary/aromatic N) is 1. The van der Waals surface area contributed by atoms with E-state index in [9.17, 15) is 14.4 Å². The molecular weight excluding hydrogens is 382 g/mol. The minimum absolute atomic E-state index is 0.0261. The van der Waals surface area contributed by atoms with Crippen molar-refractivity contribution in [3.05, 3.63) is 29.8 Å². The quantitative estimate of drug-likeness (QED) is 0.427. The molecular formula is C23H37N3O4. The van der Waals surface area contributed by atoms with Crippen molar-refractivity contribution in [3.8, 4) is 0 Å². The highest BCUT2D eigenvalue weighted by Crippen LogP contribution is 2.09. The number of hydrogen-bond acceptors (Lipinski definition) is 4. The van der Waals surface area contributed by atoms with Crippen LogP contribution in [0.5, 0.6) is 0 Å². The second-order valence-electron chi connectivity index (χ2n) is 7.52. The summed E-state index contributed by atoms with van der Waals surface area (Å²) in [6.07, 6.45) is 6.44. The van der Waals surface area contributed by atoms with Gasteiger partial charge in [0.2, 0.25) is 17.7 Å². The fraction of sp³-hybridized carbons (Fsp3) is 0.609. The minimum atomic E-state index is -0.342. The van der Waals surface area contributed by atoms with Crippen molar-refractivity contribution in [2.45, 2.75) is 58.8 Å². The van der Waals surface area contributed by atoms with Crippen LogP contribution in [-0.4, -0.2) is 56.0 Å². The maximum atomic E-state index is 12.5.